The molecule has 0 bridgehead atoms. The summed E-state index contributed by atoms with van der Waals surface area (Å²) in [7, 11) is 3.11. The first-order valence-corrected chi connectivity index (χ1v) is 6.91. The van der Waals surface area contributed by atoms with Gasteiger partial charge in [0.15, 0.2) is 11.5 Å². The van der Waals surface area contributed by atoms with Gasteiger partial charge >= 0.3 is 0 Å². The van der Waals surface area contributed by atoms with Gasteiger partial charge in [-0.3, -0.25) is 4.79 Å². The maximum absolute atomic E-state index is 12.8. The number of nitrogens with zero attached hydrogens (tertiary/aromatic N) is 1. The van der Waals surface area contributed by atoms with Crippen molar-refractivity contribution in [2.75, 3.05) is 25.7 Å². The summed E-state index contributed by atoms with van der Waals surface area (Å²) >= 11 is 0. The van der Waals surface area contributed by atoms with Crippen molar-refractivity contribution < 1.29 is 14.3 Å². The summed E-state index contributed by atoms with van der Waals surface area (Å²) in [4.78, 5) is 14.4. The molecule has 0 atom stereocenters. The van der Waals surface area contributed by atoms with Gasteiger partial charge in [0.05, 0.1) is 14.2 Å². The van der Waals surface area contributed by atoms with Crippen molar-refractivity contribution in [3.8, 4) is 11.5 Å². The third-order valence-electron chi connectivity index (χ3n) is 3.26. The second kappa shape index (κ2) is 7.31. The van der Waals surface area contributed by atoms with Crippen LogP contribution in [0.15, 0.2) is 61.2 Å². The number of hydrogen-bond acceptors (Lipinski definition) is 3. The zero-order chi connectivity index (χ0) is 15.9. The van der Waals surface area contributed by atoms with Gasteiger partial charge in [0, 0.05) is 17.8 Å². The van der Waals surface area contributed by atoms with Crippen LogP contribution >= 0.6 is 0 Å². The lowest BCUT2D eigenvalue weighted by molar-refractivity contribution is 0.0989. The van der Waals surface area contributed by atoms with E-state index in [0.717, 1.165) is 5.69 Å². The first-order chi connectivity index (χ1) is 10.7. The molecule has 0 aliphatic carbocycles. The fourth-order valence-corrected chi connectivity index (χ4v) is 2.17. The summed E-state index contributed by atoms with van der Waals surface area (Å²) in [5.74, 6) is 1.00. The molecule has 0 aromatic heterocycles. The van der Waals surface area contributed by atoms with E-state index in [1.807, 2.05) is 30.3 Å². The molecule has 2 aromatic rings. The lowest BCUT2D eigenvalue weighted by Crippen LogP contribution is -2.31. The van der Waals surface area contributed by atoms with E-state index >= 15 is 0 Å². The Morgan fingerprint density at radius 3 is 2.36 bits per heavy atom. The van der Waals surface area contributed by atoms with Crippen molar-refractivity contribution in [2.24, 2.45) is 0 Å². The van der Waals surface area contributed by atoms with Crippen LogP contribution in [-0.4, -0.2) is 26.7 Å². The molecule has 0 aliphatic heterocycles. The van der Waals surface area contributed by atoms with Gasteiger partial charge < -0.3 is 14.4 Å². The maximum atomic E-state index is 12.8. The fraction of sp³-hybridized carbons (Fsp3) is 0.167. The van der Waals surface area contributed by atoms with Crippen molar-refractivity contribution >= 4 is 11.6 Å². The van der Waals surface area contributed by atoms with Crippen LogP contribution in [-0.2, 0) is 0 Å². The van der Waals surface area contributed by atoms with Gasteiger partial charge in [0.1, 0.15) is 0 Å². The number of ether oxygens (including phenoxy) is 2. The summed E-state index contributed by atoms with van der Waals surface area (Å²) in [5, 5.41) is 0. The molecular weight excluding hydrogens is 278 g/mol. The Morgan fingerprint density at radius 1 is 1.09 bits per heavy atom. The maximum Gasteiger partial charge on any atom is 0.258 e. The molecule has 0 unspecified atom stereocenters. The molecule has 114 valence electrons. The van der Waals surface area contributed by atoms with Crippen LogP contribution in [0.2, 0.25) is 0 Å². The highest BCUT2D eigenvalue weighted by molar-refractivity contribution is 6.06. The van der Waals surface area contributed by atoms with Gasteiger partial charge in [-0.05, 0) is 30.3 Å². The normalized spacial score (nSPS) is 9.91. The monoisotopic (exact) mass is 297 g/mol. The first kappa shape index (κ1) is 15.6. The number of rotatable bonds is 6. The molecular formula is C18H19NO3. The molecule has 2 rings (SSSR count). The van der Waals surface area contributed by atoms with Crippen molar-refractivity contribution in [3.63, 3.8) is 0 Å². The highest BCUT2D eigenvalue weighted by Crippen LogP contribution is 2.28. The largest absolute Gasteiger partial charge is 0.493 e. The number of carbonyl (C=O) groups is 1. The van der Waals surface area contributed by atoms with E-state index in [-0.39, 0.29) is 5.91 Å². The van der Waals surface area contributed by atoms with E-state index < -0.39 is 0 Å². The van der Waals surface area contributed by atoms with E-state index in [1.165, 1.54) is 0 Å². The highest BCUT2D eigenvalue weighted by atomic mass is 16.5. The Bertz CT molecular complexity index is 653. The molecule has 0 fully saturated rings. The third kappa shape index (κ3) is 3.28. The molecule has 2 aromatic carbocycles. The van der Waals surface area contributed by atoms with Gasteiger partial charge in [0.2, 0.25) is 0 Å². The van der Waals surface area contributed by atoms with Gasteiger partial charge in [-0.1, -0.05) is 24.3 Å². The quantitative estimate of drug-likeness (QED) is 0.766. The molecule has 1 amide bonds. The van der Waals surface area contributed by atoms with E-state index in [0.29, 0.717) is 23.6 Å². The van der Waals surface area contributed by atoms with E-state index in [2.05, 4.69) is 6.58 Å². The molecule has 22 heavy (non-hydrogen) atoms. The van der Waals surface area contributed by atoms with Crippen LogP contribution in [0.5, 0.6) is 11.5 Å². The number of hydrogen-bond donors (Lipinski definition) is 0. The number of anilines is 1. The topological polar surface area (TPSA) is 38.8 Å². The molecule has 0 N–H and O–H groups in total. The van der Waals surface area contributed by atoms with Crippen LogP contribution in [0.4, 0.5) is 5.69 Å². The number of benzene rings is 2. The summed E-state index contributed by atoms with van der Waals surface area (Å²) in [5.41, 5.74) is 1.35. The van der Waals surface area contributed by atoms with Crippen molar-refractivity contribution in [2.45, 2.75) is 0 Å². The van der Waals surface area contributed by atoms with Crippen LogP contribution in [0.3, 0.4) is 0 Å². The van der Waals surface area contributed by atoms with Gasteiger partial charge in [-0.25, -0.2) is 0 Å². The van der Waals surface area contributed by atoms with Gasteiger partial charge in [-0.15, -0.1) is 6.58 Å². The standard InChI is InChI=1S/C18H19NO3/c1-4-12-19(15-8-6-5-7-9-15)18(20)14-10-11-16(21-2)17(13-14)22-3/h4-11,13H,1,12H2,2-3H3. The fourth-order valence-electron chi connectivity index (χ4n) is 2.17. The SMILES string of the molecule is C=CCN(C(=O)c1ccc(OC)c(OC)c1)c1ccccc1. The summed E-state index contributed by atoms with van der Waals surface area (Å²) < 4.78 is 10.5. The van der Waals surface area contributed by atoms with Crippen molar-refractivity contribution in [1.82, 2.24) is 0 Å². The molecule has 0 spiro atoms. The van der Waals surface area contributed by atoms with Gasteiger partial charge in [0.25, 0.3) is 5.91 Å². The minimum atomic E-state index is -0.118. The smallest absolute Gasteiger partial charge is 0.258 e. The zero-order valence-corrected chi connectivity index (χ0v) is 12.8. The number of amides is 1. The number of methoxy groups -OCH3 is 2. The Hall–Kier alpha value is -2.75. The summed E-state index contributed by atoms with van der Waals surface area (Å²) in [6.45, 7) is 4.15. The third-order valence-corrected chi connectivity index (χ3v) is 3.26. The van der Waals surface area contributed by atoms with Crippen LogP contribution in [0, 0.1) is 0 Å². The Labute approximate surface area is 130 Å². The number of para-hydroxylation sites is 1. The molecule has 0 saturated heterocycles. The molecule has 4 heteroatoms. The minimum absolute atomic E-state index is 0.118. The van der Waals surface area contributed by atoms with Crippen molar-refractivity contribution in [1.29, 1.82) is 0 Å². The van der Waals surface area contributed by atoms with Gasteiger partial charge in [-0.2, -0.15) is 0 Å². The zero-order valence-electron chi connectivity index (χ0n) is 12.8. The van der Waals surface area contributed by atoms with Crippen LogP contribution in [0.1, 0.15) is 10.4 Å². The first-order valence-electron chi connectivity index (χ1n) is 6.91. The predicted octanol–water partition coefficient (Wildman–Crippen LogP) is 3.54. The van der Waals surface area contributed by atoms with E-state index in [4.69, 9.17) is 9.47 Å². The highest BCUT2D eigenvalue weighted by Gasteiger charge is 2.18. The Kier molecular flexibility index (Phi) is 5.20. The molecule has 0 heterocycles. The Morgan fingerprint density at radius 2 is 1.77 bits per heavy atom. The van der Waals surface area contributed by atoms with E-state index in [9.17, 15) is 4.79 Å². The molecule has 0 aliphatic rings. The Balaban J connectivity index is 2.37. The summed E-state index contributed by atoms with van der Waals surface area (Å²) in [6, 6.07) is 14.6. The lowest BCUT2D eigenvalue weighted by Gasteiger charge is -2.21. The molecule has 4 nitrogen and oxygen atoms in total. The van der Waals surface area contributed by atoms with Crippen LogP contribution < -0.4 is 14.4 Å². The lowest BCUT2D eigenvalue weighted by atomic mass is 10.1. The number of carbonyl (C=O) groups excluding carboxylic acids is 1. The molecule has 0 saturated carbocycles. The minimum Gasteiger partial charge on any atom is -0.493 e. The second-order valence-corrected chi connectivity index (χ2v) is 4.61. The average molecular weight is 297 g/mol. The van der Waals surface area contributed by atoms with E-state index in [1.54, 1.807) is 43.4 Å². The molecule has 0 radical (unpaired) electrons. The van der Waals surface area contributed by atoms with Crippen LogP contribution in [0.25, 0.3) is 0 Å². The summed E-state index contributed by atoms with van der Waals surface area (Å²) in [6.07, 6.45) is 1.70. The van der Waals surface area contributed by atoms with Crippen molar-refractivity contribution in [3.05, 3.63) is 66.7 Å². The average Bonchev–Trinajstić information content (AvgIpc) is 2.59. The second-order valence-electron chi connectivity index (χ2n) is 4.61. The predicted molar refractivity (Wildman–Crippen MR) is 87.9 cm³/mol.